The van der Waals surface area contributed by atoms with Crippen LogP contribution in [0.1, 0.15) is 11.4 Å². The summed E-state index contributed by atoms with van der Waals surface area (Å²) in [7, 11) is 0. The van der Waals surface area contributed by atoms with Crippen LogP contribution in [0.4, 0.5) is 0 Å². The lowest BCUT2D eigenvalue weighted by molar-refractivity contribution is 0.935. The van der Waals surface area contributed by atoms with E-state index in [-0.39, 0.29) is 0 Å². The van der Waals surface area contributed by atoms with E-state index in [9.17, 15) is 0 Å². The minimum absolute atomic E-state index is 0.466. The SMILES string of the molecule is Cc1cccc2nc(-c3ccc4ccccc4c3)c(CN)n12. The largest absolute Gasteiger partial charge is 0.325 e. The fraction of sp³-hybridized carbons (Fsp3) is 0.105. The van der Waals surface area contributed by atoms with E-state index in [1.54, 1.807) is 0 Å². The van der Waals surface area contributed by atoms with Crippen LogP contribution < -0.4 is 5.73 Å². The van der Waals surface area contributed by atoms with Gasteiger partial charge in [-0.05, 0) is 35.9 Å². The molecule has 2 heterocycles. The van der Waals surface area contributed by atoms with Crippen molar-refractivity contribution >= 4 is 16.4 Å². The van der Waals surface area contributed by atoms with Crippen LogP contribution in [0.3, 0.4) is 0 Å². The Labute approximate surface area is 129 Å². The number of nitrogens with two attached hydrogens (primary N) is 1. The Bertz CT molecular complexity index is 982. The lowest BCUT2D eigenvalue weighted by Gasteiger charge is -2.06. The minimum atomic E-state index is 0.466. The molecule has 0 aliphatic heterocycles. The second-order valence-corrected chi connectivity index (χ2v) is 5.53. The van der Waals surface area contributed by atoms with E-state index in [0.717, 1.165) is 28.3 Å². The smallest absolute Gasteiger partial charge is 0.137 e. The molecule has 0 bridgehead atoms. The summed E-state index contributed by atoms with van der Waals surface area (Å²) in [5.41, 5.74) is 11.3. The molecule has 108 valence electrons. The summed E-state index contributed by atoms with van der Waals surface area (Å²) in [5, 5.41) is 2.46. The first-order valence-electron chi connectivity index (χ1n) is 7.44. The summed E-state index contributed by atoms with van der Waals surface area (Å²) < 4.78 is 2.14. The molecule has 0 fully saturated rings. The normalized spacial score (nSPS) is 11.4. The Morgan fingerprint density at radius 2 is 1.77 bits per heavy atom. The molecule has 2 aromatic carbocycles. The summed E-state index contributed by atoms with van der Waals surface area (Å²) in [5.74, 6) is 0. The first kappa shape index (κ1) is 13.0. The molecule has 0 saturated carbocycles. The van der Waals surface area contributed by atoms with E-state index >= 15 is 0 Å². The van der Waals surface area contributed by atoms with E-state index < -0.39 is 0 Å². The van der Waals surface area contributed by atoms with E-state index in [1.165, 1.54) is 10.8 Å². The Morgan fingerprint density at radius 3 is 2.59 bits per heavy atom. The summed E-state index contributed by atoms with van der Waals surface area (Å²) in [6.07, 6.45) is 0. The van der Waals surface area contributed by atoms with Crippen LogP contribution in [0, 0.1) is 6.92 Å². The van der Waals surface area contributed by atoms with Gasteiger partial charge >= 0.3 is 0 Å². The van der Waals surface area contributed by atoms with Crippen molar-refractivity contribution in [2.45, 2.75) is 13.5 Å². The molecule has 4 aromatic rings. The number of hydrogen-bond acceptors (Lipinski definition) is 2. The van der Waals surface area contributed by atoms with Crippen molar-refractivity contribution in [3.05, 3.63) is 72.1 Å². The van der Waals surface area contributed by atoms with E-state index in [0.29, 0.717) is 6.54 Å². The molecule has 3 heteroatoms. The third-order valence-corrected chi connectivity index (χ3v) is 4.15. The molecule has 0 saturated heterocycles. The van der Waals surface area contributed by atoms with Crippen LogP contribution in [0.25, 0.3) is 27.7 Å². The topological polar surface area (TPSA) is 43.3 Å². The average Bonchev–Trinajstić information content (AvgIpc) is 2.94. The van der Waals surface area contributed by atoms with Gasteiger partial charge in [-0.2, -0.15) is 0 Å². The van der Waals surface area contributed by atoms with E-state index in [4.69, 9.17) is 10.7 Å². The first-order chi connectivity index (χ1) is 10.8. The van der Waals surface area contributed by atoms with Crippen molar-refractivity contribution in [3.63, 3.8) is 0 Å². The summed E-state index contributed by atoms with van der Waals surface area (Å²) in [6, 6.07) is 21.0. The Hall–Kier alpha value is -2.65. The summed E-state index contributed by atoms with van der Waals surface area (Å²) >= 11 is 0. The maximum absolute atomic E-state index is 6.02. The summed E-state index contributed by atoms with van der Waals surface area (Å²) in [4.78, 5) is 4.80. The van der Waals surface area contributed by atoms with Crippen LogP contribution in [0.15, 0.2) is 60.7 Å². The predicted molar refractivity (Wildman–Crippen MR) is 90.8 cm³/mol. The van der Waals surface area contributed by atoms with Crippen LogP contribution in [-0.2, 0) is 6.54 Å². The number of fused-ring (bicyclic) bond motifs is 2. The van der Waals surface area contributed by atoms with Gasteiger partial charge in [0.15, 0.2) is 0 Å². The van der Waals surface area contributed by atoms with Gasteiger partial charge in [0.2, 0.25) is 0 Å². The van der Waals surface area contributed by atoms with Crippen molar-refractivity contribution in [1.82, 2.24) is 9.38 Å². The molecule has 0 aliphatic rings. The van der Waals surface area contributed by atoms with Gasteiger partial charge in [0, 0.05) is 17.8 Å². The van der Waals surface area contributed by atoms with Crippen molar-refractivity contribution in [1.29, 1.82) is 0 Å². The van der Waals surface area contributed by atoms with Gasteiger partial charge < -0.3 is 5.73 Å². The Balaban J connectivity index is 2.01. The molecule has 0 amide bonds. The Morgan fingerprint density at radius 1 is 0.955 bits per heavy atom. The van der Waals surface area contributed by atoms with Crippen molar-refractivity contribution in [3.8, 4) is 11.3 Å². The van der Waals surface area contributed by atoms with E-state index in [2.05, 4.69) is 59.9 Å². The highest BCUT2D eigenvalue weighted by Crippen LogP contribution is 2.28. The fourth-order valence-corrected chi connectivity index (χ4v) is 3.08. The van der Waals surface area contributed by atoms with E-state index in [1.807, 2.05) is 12.1 Å². The van der Waals surface area contributed by atoms with Crippen LogP contribution in [0.2, 0.25) is 0 Å². The third kappa shape index (κ3) is 1.90. The van der Waals surface area contributed by atoms with Gasteiger partial charge in [0.25, 0.3) is 0 Å². The molecule has 4 rings (SSSR count). The first-order valence-corrected chi connectivity index (χ1v) is 7.44. The second kappa shape index (κ2) is 4.97. The molecule has 2 aromatic heterocycles. The van der Waals surface area contributed by atoms with Crippen LogP contribution in [-0.4, -0.2) is 9.38 Å². The quantitative estimate of drug-likeness (QED) is 0.607. The van der Waals surface area contributed by atoms with Crippen LogP contribution in [0.5, 0.6) is 0 Å². The molecule has 0 unspecified atom stereocenters. The molecule has 3 nitrogen and oxygen atoms in total. The van der Waals surface area contributed by atoms with Crippen LogP contribution >= 0.6 is 0 Å². The number of benzene rings is 2. The zero-order valence-corrected chi connectivity index (χ0v) is 12.5. The average molecular weight is 287 g/mol. The lowest BCUT2D eigenvalue weighted by atomic mass is 10.0. The maximum atomic E-state index is 6.02. The number of nitrogens with zero attached hydrogens (tertiary/aromatic N) is 2. The standard InChI is InChI=1S/C19H17N3/c1-13-5-4-8-18-21-19(17(12-20)22(13)18)16-10-9-14-6-2-3-7-15(14)11-16/h2-11H,12,20H2,1H3. The number of aromatic nitrogens is 2. The van der Waals surface area contributed by atoms with Gasteiger partial charge in [-0.1, -0.05) is 42.5 Å². The number of pyridine rings is 1. The number of rotatable bonds is 2. The van der Waals surface area contributed by atoms with Crippen molar-refractivity contribution in [2.75, 3.05) is 0 Å². The summed E-state index contributed by atoms with van der Waals surface area (Å²) in [6.45, 7) is 2.55. The highest BCUT2D eigenvalue weighted by molar-refractivity contribution is 5.87. The molecule has 0 atom stereocenters. The zero-order chi connectivity index (χ0) is 15.1. The molecule has 0 radical (unpaired) electrons. The van der Waals surface area contributed by atoms with Crippen molar-refractivity contribution < 1.29 is 0 Å². The maximum Gasteiger partial charge on any atom is 0.137 e. The predicted octanol–water partition coefficient (Wildman–Crippen LogP) is 3.92. The lowest BCUT2D eigenvalue weighted by Crippen LogP contribution is -2.04. The highest BCUT2D eigenvalue weighted by atomic mass is 15.0. The number of imidazole rings is 1. The Kier molecular flexibility index (Phi) is 2.94. The molecular formula is C19H17N3. The third-order valence-electron chi connectivity index (χ3n) is 4.15. The molecule has 2 N–H and O–H groups in total. The highest BCUT2D eigenvalue weighted by Gasteiger charge is 2.14. The van der Waals surface area contributed by atoms with Crippen molar-refractivity contribution in [2.24, 2.45) is 5.73 Å². The van der Waals surface area contributed by atoms with Gasteiger partial charge in [-0.25, -0.2) is 4.98 Å². The molecule has 22 heavy (non-hydrogen) atoms. The second-order valence-electron chi connectivity index (χ2n) is 5.53. The van der Waals surface area contributed by atoms with Gasteiger partial charge in [0.1, 0.15) is 5.65 Å². The fourth-order valence-electron chi connectivity index (χ4n) is 3.08. The molecule has 0 aliphatic carbocycles. The number of aryl methyl sites for hydroxylation is 1. The minimum Gasteiger partial charge on any atom is -0.325 e. The molecular weight excluding hydrogens is 270 g/mol. The van der Waals surface area contributed by atoms with Gasteiger partial charge in [-0.15, -0.1) is 0 Å². The molecule has 0 spiro atoms. The zero-order valence-electron chi connectivity index (χ0n) is 12.5. The van der Waals surface area contributed by atoms with Gasteiger partial charge in [-0.3, -0.25) is 4.40 Å². The van der Waals surface area contributed by atoms with Gasteiger partial charge in [0.05, 0.1) is 11.4 Å². The monoisotopic (exact) mass is 287 g/mol. The number of hydrogen-bond donors (Lipinski definition) is 1.